The molecule has 332 valence electrons. The van der Waals surface area contributed by atoms with E-state index >= 15 is 0 Å². The number of thiazole rings is 2. The molecule has 4 unspecified atom stereocenters. The van der Waals surface area contributed by atoms with Crippen LogP contribution in [0.25, 0.3) is 0 Å². The zero-order valence-electron chi connectivity index (χ0n) is 36.9. The molecule has 0 aromatic carbocycles. The van der Waals surface area contributed by atoms with E-state index in [1.165, 1.54) is 67.6 Å². The fourth-order valence-corrected chi connectivity index (χ4v) is 18.3. The summed E-state index contributed by atoms with van der Waals surface area (Å²) in [5.41, 5.74) is 23.5. The van der Waals surface area contributed by atoms with Gasteiger partial charge in [-0.15, -0.1) is 22.7 Å². The number of aliphatic hydroxyl groups excluding tert-OH is 1. The molecule has 0 saturated heterocycles. The number of guanidine groups is 2. The van der Waals surface area contributed by atoms with Gasteiger partial charge >= 0.3 is 0 Å². The molecule has 11 N–H and O–H groups in total. The summed E-state index contributed by atoms with van der Waals surface area (Å²) < 4.78 is 0. The largest absolute Gasteiger partial charge is 0.393 e. The highest BCUT2D eigenvalue weighted by Gasteiger charge is 2.69. The van der Waals surface area contributed by atoms with Crippen molar-refractivity contribution in [3.05, 3.63) is 22.1 Å². The van der Waals surface area contributed by atoms with Crippen molar-refractivity contribution in [1.29, 1.82) is 0 Å². The van der Waals surface area contributed by atoms with E-state index in [1.807, 2.05) is 0 Å². The maximum absolute atomic E-state index is 12.3. The van der Waals surface area contributed by atoms with Crippen LogP contribution < -0.4 is 22.9 Å². The van der Waals surface area contributed by atoms with E-state index in [0.29, 0.717) is 51.2 Å². The number of aromatic nitrogens is 2. The fraction of sp³-hybridized carbons (Fsp3) is 0.830. The molecule has 2 aromatic rings. The molecule has 8 fully saturated rings. The van der Waals surface area contributed by atoms with Crippen LogP contribution in [0, 0.1) is 63.1 Å². The molecule has 0 aliphatic heterocycles. The molecule has 2 aromatic heterocycles. The average molecular weight is 863 g/mol. The zero-order valence-corrected chi connectivity index (χ0v) is 38.5. The number of aliphatic hydroxyl groups is 3. The Labute approximate surface area is 366 Å². The van der Waals surface area contributed by atoms with Crippen LogP contribution in [0.4, 0.5) is 10.3 Å². The predicted molar refractivity (Wildman–Crippen MR) is 242 cm³/mol. The highest BCUT2D eigenvalue weighted by atomic mass is 32.1. The van der Waals surface area contributed by atoms with Gasteiger partial charge in [-0.3, -0.25) is 0 Å². The lowest BCUT2D eigenvalue weighted by molar-refractivity contribution is -0.205. The van der Waals surface area contributed by atoms with Crippen molar-refractivity contribution in [3.63, 3.8) is 0 Å². The van der Waals surface area contributed by atoms with E-state index in [-0.39, 0.29) is 40.2 Å². The monoisotopic (exact) mass is 863 g/mol. The Morgan fingerprint density at radius 1 is 0.583 bits per heavy atom. The Morgan fingerprint density at radius 2 is 1.03 bits per heavy atom. The summed E-state index contributed by atoms with van der Waals surface area (Å²) in [5.74, 6) is 4.99. The van der Waals surface area contributed by atoms with Gasteiger partial charge in [-0.05, 0) is 161 Å². The molecule has 11 nitrogen and oxygen atoms in total. The molecular formula is C47H74N8O3S2. The topological polar surface area (TPSA) is 215 Å². The first kappa shape index (κ1) is 43.0. The first-order valence-electron chi connectivity index (χ1n) is 23.6. The van der Waals surface area contributed by atoms with Crippen LogP contribution in [0.3, 0.4) is 0 Å². The van der Waals surface area contributed by atoms with Crippen LogP contribution in [0.5, 0.6) is 0 Å². The molecule has 0 bridgehead atoms. The number of nitrogens with two attached hydrogens (primary N) is 4. The second-order valence-corrected chi connectivity index (χ2v) is 24.1. The van der Waals surface area contributed by atoms with Crippen LogP contribution in [0.15, 0.2) is 20.7 Å². The van der Waals surface area contributed by atoms with Crippen molar-refractivity contribution in [2.24, 2.45) is 96.0 Å². The lowest BCUT2D eigenvalue weighted by Gasteiger charge is -2.63. The van der Waals surface area contributed by atoms with Gasteiger partial charge < -0.3 is 38.3 Å². The molecular weight excluding hydrogens is 789 g/mol. The molecule has 16 atom stereocenters. The maximum Gasteiger partial charge on any atom is 0.212 e. The van der Waals surface area contributed by atoms with Gasteiger partial charge in [-0.25, -0.2) is 9.97 Å². The first-order chi connectivity index (χ1) is 28.3. The van der Waals surface area contributed by atoms with E-state index in [1.54, 1.807) is 0 Å². The fourth-order valence-electron chi connectivity index (χ4n) is 16.8. The Balaban J connectivity index is 0.000000154. The highest BCUT2D eigenvalue weighted by molar-refractivity contribution is 7.13. The maximum atomic E-state index is 12.3. The molecule has 13 heteroatoms. The molecule has 0 amide bonds. The van der Waals surface area contributed by atoms with Gasteiger partial charge in [0.25, 0.3) is 0 Å². The lowest BCUT2D eigenvalue weighted by atomic mass is 9.43. The molecule has 10 rings (SSSR count). The third-order valence-electron chi connectivity index (χ3n) is 20.1. The standard InChI is InChI=1S/C24H38N4OS.C23H36N4O2S/c1-14-6-9-22(2)15(12-14)4-5-17-16(22)7-10-23(3)18(8-11-24(17,23)29)19-13-30-21(27-19)28-20(25)26;1-21-8-5-14(28)11-13(21)3-4-16-15(21)6-9-22(2)17(7-10-23(16,22)29)18-12-30-20(26-18)27-19(24)25/h13-18,29H,4-12H2,1-3H3,(H4,25,26,27,28);12-17,28-29H,3-11H2,1-2H3,(H4,24,25,26,27)/t14-,15+,16?,17?,18+,22-,23+,24-;13-,14+,15?,16?,17-,21+,22-,23+/m01/s1. The minimum Gasteiger partial charge on any atom is -0.393 e. The summed E-state index contributed by atoms with van der Waals surface area (Å²) in [4.78, 5) is 17.7. The zero-order chi connectivity index (χ0) is 42.6. The van der Waals surface area contributed by atoms with Crippen molar-refractivity contribution in [3.8, 4) is 0 Å². The number of rotatable bonds is 4. The van der Waals surface area contributed by atoms with Gasteiger partial charge in [0.05, 0.1) is 28.7 Å². The van der Waals surface area contributed by atoms with Crippen molar-refractivity contribution in [2.75, 3.05) is 0 Å². The van der Waals surface area contributed by atoms with Gasteiger partial charge in [-0.1, -0.05) is 41.0 Å². The predicted octanol–water partition coefficient (Wildman–Crippen LogP) is 8.58. The molecule has 60 heavy (non-hydrogen) atoms. The summed E-state index contributed by atoms with van der Waals surface area (Å²) in [6, 6.07) is 0. The Kier molecular flexibility index (Phi) is 10.8. The summed E-state index contributed by atoms with van der Waals surface area (Å²) >= 11 is 2.97. The van der Waals surface area contributed by atoms with Gasteiger partial charge in [-0.2, -0.15) is 9.98 Å². The van der Waals surface area contributed by atoms with Crippen LogP contribution in [-0.4, -0.2) is 54.5 Å². The quantitative estimate of drug-likeness (QED) is 0.116. The number of hydrogen-bond donors (Lipinski definition) is 7. The molecule has 0 spiro atoms. The third kappa shape index (κ3) is 6.53. The van der Waals surface area contributed by atoms with Crippen molar-refractivity contribution >= 4 is 44.9 Å². The number of nitrogens with zero attached hydrogens (tertiary/aromatic N) is 4. The smallest absolute Gasteiger partial charge is 0.212 e. The van der Waals surface area contributed by atoms with E-state index in [0.717, 1.165) is 93.9 Å². The van der Waals surface area contributed by atoms with E-state index < -0.39 is 11.2 Å². The van der Waals surface area contributed by atoms with Crippen molar-refractivity contribution < 1.29 is 15.3 Å². The summed E-state index contributed by atoms with van der Waals surface area (Å²) in [5, 5.41) is 40.2. The van der Waals surface area contributed by atoms with Gasteiger partial charge in [0.1, 0.15) is 0 Å². The summed E-state index contributed by atoms with van der Waals surface area (Å²) in [7, 11) is 0. The Morgan fingerprint density at radius 3 is 1.50 bits per heavy atom. The van der Waals surface area contributed by atoms with Crippen LogP contribution in [0.1, 0.15) is 173 Å². The minimum absolute atomic E-state index is 0.0353. The minimum atomic E-state index is -0.634. The molecule has 8 aliphatic carbocycles. The molecule has 0 radical (unpaired) electrons. The van der Waals surface area contributed by atoms with Crippen LogP contribution in [0.2, 0.25) is 0 Å². The molecule has 8 aliphatic rings. The molecule has 2 heterocycles. The van der Waals surface area contributed by atoms with Gasteiger partial charge in [0.15, 0.2) is 11.9 Å². The number of fused-ring (bicyclic) bond motifs is 10. The molecule has 8 saturated carbocycles. The second-order valence-electron chi connectivity index (χ2n) is 22.4. The summed E-state index contributed by atoms with van der Waals surface area (Å²) in [6.45, 7) is 12.1. The van der Waals surface area contributed by atoms with E-state index in [2.05, 4.69) is 55.4 Å². The van der Waals surface area contributed by atoms with E-state index in [9.17, 15) is 15.3 Å². The SMILES string of the molecule is C[C@H]1CC[C@]2(C)C3CC[C@]4(C)[C@@H](c5csc(N=C(N)N)n5)CC[C@]4(O)C3CC[C@@H]2C1.C[C@]12CC[C@H](O)C[C@H]1CCC1C2CC[C@]2(C)[C@@H](c3csc(N=C(N)N)n3)CC[C@]12O. The van der Waals surface area contributed by atoms with Crippen LogP contribution in [-0.2, 0) is 0 Å². The van der Waals surface area contributed by atoms with Gasteiger partial charge in [0, 0.05) is 33.4 Å². The van der Waals surface area contributed by atoms with Crippen LogP contribution >= 0.6 is 22.7 Å². The normalized spacial score (nSPS) is 47.8. The van der Waals surface area contributed by atoms with Gasteiger partial charge in [0.2, 0.25) is 10.3 Å². The average Bonchev–Trinajstić information content (AvgIpc) is 3.96. The lowest BCUT2D eigenvalue weighted by Crippen LogP contribution is -2.62. The third-order valence-corrected chi connectivity index (χ3v) is 21.6. The first-order valence-corrected chi connectivity index (χ1v) is 25.3. The number of aliphatic imine (C=N–C) groups is 2. The second kappa shape index (κ2) is 15.2. The Hall–Kier alpha value is -2.32. The van der Waals surface area contributed by atoms with E-state index in [4.69, 9.17) is 32.9 Å². The van der Waals surface area contributed by atoms with Crippen molar-refractivity contribution in [2.45, 2.75) is 179 Å². The Bertz CT molecular complexity index is 1840. The summed E-state index contributed by atoms with van der Waals surface area (Å²) in [6.07, 6.45) is 20.0. The number of hydrogen-bond acceptors (Lipinski definition) is 9. The highest BCUT2D eigenvalue weighted by Crippen LogP contribution is 2.72. The van der Waals surface area contributed by atoms with Crippen molar-refractivity contribution in [1.82, 2.24) is 9.97 Å².